The Morgan fingerprint density at radius 3 is 2.58 bits per heavy atom. The van der Waals surface area contributed by atoms with E-state index in [1.54, 1.807) is 13.8 Å². The fourth-order valence-corrected chi connectivity index (χ4v) is 4.83. The number of halogens is 4. The number of morpholine rings is 1. The largest absolute Gasteiger partial charge is 0.573 e. The van der Waals surface area contributed by atoms with Crippen LogP contribution in [0.25, 0.3) is 27.7 Å². The highest BCUT2D eigenvalue weighted by Gasteiger charge is 2.33. The zero-order valence-electron chi connectivity index (χ0n) is 24.1. The molecule has 11 nitrogen and oxygen atoms in total. The molecule has 1 unspecified atom stereocenters. The molecule has 0 radical (unpaired) electrons. The van der Waals surface area contributed by atoms with Crippen LogP contribution in [-0.2, 0) is 14.3 Å². The Hall–Kier alpha value is -4.89. The van der Waals surface area contributed by atoms with Crippen molar-refractivity contribution in [2.75, 3.05) is 38.2 Å². The molecule has 1 fully saturated rings. The van der Waals surface area contributed by atoms with Gasteiger partial charge < -0.3 is 19.5 Å². The minimum atomic E-state index is -5.06. The van der Waals surface area contributed by atoms with Crippen molar-refractivity contribution in [1.29, 1.82) is 0 Å². The minimum absolute atomic E-state index is 0.0267. The highest BCUT2D eigenvalue weighted by atomic mass is 19.4. The summed E-state index contributed by atoms with van der Waals surface area (Å²) in [5.74, 6) is -2.77. The standard InChI is InChI=1S/C30H27F4N5O6/c1-3-44-29(42)19-12-18(14-35-15-19)21-5-6-22-26(25(21)31)36-16-39(28(22)41)20-4-7-24(45-30(32,33)34)23(13-20)37-27(40)17(2)38-8-10-43-11-9-38/h4-7,12-17H,3,8-11H2,1-2H3,(H,37,40). The van der Waals surface area contributed by atoms with Crippen LogP contribution in [0.15, 0.2) is 59.9 Å². The first-order chi connectivity index (χ1) is 21.5. The monoisotopic (exact) mass is 629 g/mol. The number of hydrogen-bond acceptors (Lipinski definition) is 9. The number of esters is 1. The predicted molar refractivity (Wildman–Crippen MR) is 154 cm³/mol. The summed E-state index contributed by atoms with van der Waals surface area (Å²) in [6.45, 7) is 5.14. The van der Waals surface area contributed by atoms with E-state index in [9.17, 15) is 27.6 Å². The minimum Gasteiger partial charge on any atom is -0.462 e. The van der Waals surface area contributed by atoms with Crippen molar-refractivity contribution >= 4 is 28.5 Å². The van der Waals surface area contributed by atoms with Gasteiger partial charge >= 0.3 is 12.3 Å². The topological polar surface area (TPSA) is 125 Å². The van der Waals surface area contributed by atoms with Gasteiger partial charge in [-0.25, -0.2) is 14.2 Å². The van der Waals surface area contributed by atoms with Crippen molar-refractivity contribution in [3.8, 4) is 22.6 Å². The molecule has 45 heavy (non-hydrogen) atoms. The van der Waals surface area contributed by atoms with E-state index in [0.29, 0.717) is 26.3 Å². The van der Waals surface area contributed by atoms with Gasteiger partial charge in [-0.1, -0.05) is 6.07 Å². The number of aromatic nitrogens is 3. The average molecular weight is 630 g/mol. The molecule has 1 saturated heterocycles. The first-order valence-electron chi connectivity index (χ1n) is 13.8. The van der Waals surface area contributed by atoms with Crippen LogP contribution in [0.5, 0.6) is 5.75 Å². The lowest BCUT2D eigenvalue weighted by atomic mass is 10.0. The van der Waals surface area contributed by atoms with Gasteiger partial charge in [0.15, 0.2) is 11.6 Å². The summed E-state index contributed by atoms with van der Waals surface area (Å²) in [5, 5.41) is 2.34. The number of nitrogens with zero attached hydrogens (tertiary/aromatic N) is 4. The second-order valence-corrected chi connectivity index (χ2v) is 9.97. The molecule has 0 spiro atoms. The number of carbonyl (C=O) groups is 2. The zero-order valence-corrected chi connectivity index (χ0v) is 24.1. The normalized spacial score (nSPS) is 14.6. The molecule has 4 aromatic rings. The molecule has 0 saturated carbocycles. The number of amides is 1. The molecule has 2 aromatic carbocycles. The molecule has 1 aliphatic heterocycles. The van der Waals surface area contributed by atoms with Gasteiger partial charge in [0.1, 0.15) is 11.8 Å². The summed E-state index contributed by atoms with van der Waals surface area (Å²) in [7, 11) is 0. The van der Waals surface area contributed by atoms with Crippen molar-refractivity contribution in [2.24, 2.45) is 0 Å². The molecule has 0 aliphatic carbocycles. The number of carbonyl (C=O) groups excluding carboxylic acids is 2. The number of rotatable bonds is 8. The van der Waals surface area contributed by atoms with Gasteiger partial charge in [-0.05, 0) is 44.2 Å². The Morgan fingerprint density at radius 2 is 1.87 bits per heavy atom. The lowest BCUT2D eigenvalue weighted by molar-refractivity contribution is -0.274. The number of benzene rings is 2. The van der Waals surface area contributed by atoms with Crippen molar-refractivity contribution in [2.45, 2.75) is 26.3 Å². The van der Waals surface area contributed by atoms with E-state index in [2.05, 4.69) is 20.0 Å². The van der Waals surface area contributed by atoms with E-state index in [0.717, 1.165) is 23.0 Å². The molecular weight excluding hydrogens is 602 g/mol. The lowest BCUT2D eigenvalue weighted by Crippen LogP contribution is -2.47. The first kappa shape index (κ1) is 31.5. The molecule has 1 aliphatic rings. The van der Waals surface area contributed by atoms with Gasteiger partial charge in [-0.3, -0.25) is 24.0 Å². The number of fused-ring (bicyclic) bond motifs is 1. The Labute approximate surface area is 253 Å². The molecular formula is C30H27F4N5O6. The van der Waals surface area contributed by atoms with Crippen LogP contribution in [0, 0.1) is 5.82 Å². The van der Waals surface area contributed by atoms with Crippen LogP contribution in [0.2, 0.25) is 0 Å². The third-order valence-corrected chi connectivity index (χ3v) is 7.13. The fraction of sp³-hybridized carbons (Fsp3) is 0.300. The second kappa shape index (κ2) is 13.0. The summed E-state index contributed by atoms with van der Waals surface area (Å²) in [6, 6.07) is 6.64. The molecule has 1 N–H and O–H groups in total. The van der Waals surface area contributed by atoms with Crippen LogP contribution in [-0.4, -0.2) is 76.6 Å². The third-order valence-electron chi connectivity index (χ3n) is 7.13. The molecule has 236 valence electrons. The van der Waals surface area contributed by atoms with Gasteiger partial charge in [0.2, 0.25) is 5.91 Å². The van der Waals surface area contributed by atoms with Crippen LogP contribution in [0.1, 0.15) is 24.2 Å². The summed E-state index contributed by atoms with van der Waals surface area (Å²) >= 11 is 0. The molecule has 0 bridgehead atoms. The Kier molecular flexibility index (Phi) is 9.11. The lowest BCUT2D eigenvalue weighted by Gasteiger charge is -2.31. The van der Waals surface area contributed by atoms with Crippen molar-refractivity contribution in [1.82, 2.24) is 19.4 Å². The SMILES string of the molecule is CCOC(=O)c1cncc(-c2ccc3c(=O)n(-c4ccc(OC(F)(F)F)c(NC(=O)C(C)N5CCOCC5)c4)cnc3c2F)c1. The van der Waals surface area contributed by atoms with Crippen LogP contribution < -0.4 is 15.6 Å². The molecule has 5 rings (SSSR count). The molecule has 1 amide bonds. The maximum Gasteiger partial charge on any atom is 0.573 e. The third kappa shape index (κ3) is 6.94. The highest BCUT2D eigenvalue weighted by Crippen LogP contribution is 2.33. The van der Waals surface area contributed by atoms with Gasteiger partial charge in [0, 0.05) is 36.6 Å². The van der Waals surface area contributed by atoms with E-state index in [1.807, 2.05) is 4.90 Å². The quantitative estimate of drug-likeness (QED) is 0.224. The average Bonchev–Trinajstić information content (AvgIpc) is 3.02. The maximum atomic E-state index is 15.7. The Balaban J connectivity index is 1.50. The fourth-order valence-electron chi connectivity index (χ4n) is 4.83. The smallest absolute Gasteiger partial charge is 0.462 e. The van der Waals surface area contributed by atoms with E-state index in [4.69, 9.17) is 9.47 Å². The second-order valence-electron chi connectivity index (χ2n) is 9.97. The van der Waals surface area contributed by atoms with E-state index in [1.165, 1.54) is 36.7 Å². The Morgan fingerprint density at radius 1 is 1.11 bits per heavy atom. The van der Waals surface area contributed by atoms with Crippen LogP contribution >= 0.6 is 0 Å². The number of alkyl halides is 3. The van der Waals surface area contributed by atoms with Gasteiger partial charge in [0.05, 0.1) is 48.2 Å². The number of ether oxygens (including phenoxy) is 3. The zero-order chi connectivity index (χ0) is 32.3. The molecule has 15 heteroatoms. The number of pyridine rings is 1. The summed E-state index contributed by atoms with van der Waals surface area (Å²) in [4.78, 5) is 48.5. The van der Waals surface area contributed by atoms with E-state index in [-0.39, 0.29) is 45.6 Å². The molecule has 1 atom stereocenters. The van der Waals surface area contributed by atoms with Crippen molar-refractivity contribution in [3.63, 3.8) is 0 Å². The number of nitrogens with one attached hydrogen (secondary N) is 1. The summed E-state index contributed by atoms with van der Waals surface area (Å²) in [5.41, 5.74) is -0.923. The van der Waals surface area contributed by atoms with E-state index >= 15 is 4.39 Å². The maximum absolute atomic E-state index is 15.7. The van der Waals surface area contributed by atoms with Crippen LogP contribution in [0.3, 0.4) is 0 Å². The van der Waals surface area contributed by atoms with Crippen molar-refractivity contribution in [3.05, 3.63) is 76.9 Å². The highest BCUT2D eigenvalue weighted by molar-refractivity contribution is 5.96. The summed E-state index contributed by atoms with van der Waals surface area (Å²) < 4.78 is 70.6. The molecule has 2 aromatic heterocycles. The first-order valence-corrected chi connectivity index (χ1v) is 13.8. The Bertz CT molecular complexity index is 1810. The van der Waals surface area contributed by atoms with Crippen LogP contribution in [0.4, 0.5) is 23.2 Å². The predicted octanol–water partition coefficient (Wildman–Crippen LogP) is 4.32. The number of anilines is 1. The van der Waals surface area contributed by atoms with Gasteiger partial charge in [0.25, 0.3) is 5.56 Å². The van der Waals surface area contributed by atoms with Gasteiger partial charge in [-0.2, -0.15) is 0 Å². The summed E-state index contributed by atoms with van der Waals surface area (Å²) in [6.07, 6.45) is -1.41. The van der Waals surface area contributed by atoms with Gasteiger partial charge in [-0.15, -0.1) is 13.2 Å². The number of hydrogen-bond donors (Lipinski definition) is 1. The van der Waals surface area contributed by atoms with E-state index < -0.39 is 41.4 Å². The van der Waals surface area contributed by atoms with Crippen molar-refractivity contribution < 1.29 is 41.4 Å². The molecule has 3 heterocycles.